The summed E-state index contributed by atoms with van der Waals surface area (Å²) < 4.78 is 1.42. The van der Waals surface area contributed by atoms with Crippen LogP contribution in [0.3, 0.4) is 0 Å². The first kappa shape index (κ1) is 13.6. The normalized spacial score (nSPS) is 12.8. The fraction of sp³-hybridized carbons (Fsp3) is 0.700. The minimum absolute atomic E-state index is 0.0746. The third kappa shape index (κ3) is 4.12. The van der Waals surface area contributed by atoms with Crippen LogP contribution in [0.15, 0.2) is 6.20 Å². The zero-order valence-electron chi connectivity index (χ0n) is 10.1. The fourth-order valence-electron chi connectivity index (χ4n) is 1.33. The first-order chi connectivity index (χ1) is 8.06. The number of nitrogens with one attached hydrogen (secondary N) is 1. The second kappa shape index (κ2) is 6.31. The minimum atomic E-state index is -0.236. The maximum Gasteiger partial charge on any atom is 0.242 e. The van der Waals surface area contributed by atoms with Crippen molar-refractivity contribution in [1.29, 1.82) is 0 Å². The van der Waals surface area contributed by atoms with Crippen molar-refractivity contribution in [3.63, 3.8) is 0 Å². The molecule has 0 radical (unpaired) electrons. The third-order valence-corrected chi connectivity index (χ3v) is 2.45. The molecule has 1 heterocycles. The summed E-state index contributed by atoms with van der Waals surface area (Å²) in [5.41, 5.74) is 6.03. The van der Waals surface area contributed by atoms with Crippen LogP contribution in [0, 0.1) is 5.92 Å². The Morgan fingerprint density at radius 1 is 1.65 bits per heavy atom. The molecule has 7 heteroatoms. The number of aromatic nitrogens is 3. The van der Waals surface area contributed by atoms with Gasteiger partial charge in [-0.25, -0.2) is 4.68 Å². The van der Waals surface area contributed by atoms with E-state index in [9.17, 15) is 4.79 Å². The van der Waals surface area contributed by atoms with Gasteiger partial charge in [-0.3, -0.25) is 4.79 Å². The first-order valence-electron chi connectivity index (χ1n) is 5.56. The molecule has 0 aliphatic rings. The summed E-state index contributed by atoms with van der Waals surface area (Å²) in [6.07, 6.45) is 1.63. The number of hydrogen-bond acceptors (Lipinski definition) is 5. The van der Waals surface area contributed by atoms with E-state index in [2.05, 4.69) is 15.6 Å². The molecule has 0 aliphatic carbocycles. The molecule has 1 aromatic heterocycles. The van der Waals surface area contributed by atoms with Crippen molar-refractivity contribution in [2.75, 3.05) is 6.61 Å². The number of aliphatic hydroxyl groups is 1. The monoisotopic (exact) mass is 241 g/mol. The lowest BCUT2D eigenvalue weighted by molar-refractivity contribution is -0.123. The minimum Gasteiger partial charge on any atom is -0.394 e. The Hall–Kier alpha value is -1.47. The lowest BCUT2D eigenvalue weighted by atomic mass is 10.1. The maximum absolute atomic E-state index is 11.6. The summed E-state index contributed by atoms with van der Waals surface area (Å²) in [4.78, 5) is 11.6. The van der Waals surface area contributed by atoms with Gasteiger partial charge in [-0.1, -0.05) is 19.1 Å². The average Bonchev–Trinajstić information content (AvgIpc) is 2.73. The molecule has 0 fully saturated rings. The van der Waals surface area contributed by atoms with Gasteiger partial charge in [0.05, 0.1) is 24.5 Å². The van der Waals surface area contributed by atoms with Gasteiger partial charge in [0.1, 0.15) is 6.54 Å². The molecule has 7 nitrogen and oxygen atoms in total. The largest absolute Gasteiger partial charge is 0.394 e. The second-order valence-electron chi connectivity index (χ2n) is 4.21. The van der Waals surface area contributed by atoms with Crippen molar-refractivity contribution in [3.05, 3.63) is 11.9 Å². The first-order valence-corrected chi connectivity index (χ1v) is 5.56. The lowest BCUT2D eigenvalue weighted by Crippen LogP contribution is -2.42. The third-order valence-electron chi connectivity index (χ3n) is 2.45. The molecule has 0 aliphatic heterocycles. The number of rotatable bonds is 6. The molecular weight excluding hydrogens is 222 g/mol. The Balaban J connectivity index is 2.48. The van der Waals surface area contributed by atoms with Gasteiger partial charge < -0.3 is 16.2 Å². The molecule has 0 unspecified atom stereocenters. The van der Waals surface area contributed by atoms with Crippen LogP contribution in [0.4, 0.5) is 0 Å². The second-order valence-corrected chi connectivity index (χ2v) is 4.21. The van der Waals surface area contributed by atoms with Crippen LogP contribution < -0.4 is 11.1 Å². The van der Waals surface area contributed by atoms with Crippen LogP contribution in [0.5, 0.6) is 0 Å². The maximum atomic E-state index is 11.6. The van der Waals surface area contributed by atoms with E-state index in [1.54, 1.807) is 6.20 Å². The highest BCUT2D eigenvalue weighted by Crippen LogP contribution is 2.00. The van der Waals surface area contributed by atoms with E-state index in [-0.39, 0.29) is 31.0 Å². The summed E-state index contributed by atoms with van der Waals surface area (Å²) in [5, 5.41) is 19.4. The van der Waals surface area contributed by atoms with Gasteiger partial charge in [0.15, 0.2) is 0 Å². The summed E-state index contributed by atoms with van der Waals surface area (Å²) in [6, 6.07) is -0.236. The molecule has 0 spiro atoms. The van der Waals surface area contributed by atoms with Gasteiger partial charge in [0, 0.05) is 6.54 Å². The van der Waals surface area contributed by atoms with E-state index >= 15 is 0 Å². The highest BCUT2D eigenvalue weighted by molar-refractivity contribution is 5.75. The Morgan fingerprint density at radius 2 is 2.35 bits per heavy atom. The zero-order chi connectivity index (χ0) is 12.8. The van der Waals surface area contributed by atoms with E-state index in [1.165, 1.54) is 4.68 Å². The topological polar surface area (TPSA) is 106 Å². The van der Waals surface area contributed by atoms with Crippen LogP contribution in [-0.4, -0.2) is 38.7 Å². The van der Waals surface area contributed by atoms with Crippen molar-refractivity contribution in [1.82, 2.24) is 20.3 Å². The molecule has 0 saturated heterocycles. The molecule has 0 bridgehead atoms. The molecule has 0 saturated carbocycles. The van der Waals surface area contributed by atoms with E-state index in [0.717, 1.165) is 0 Å². The summed E-state index contributed by atoms with van der Waals surface area (Å²) >= 11 is 0. The number of nitrogens with two attached hydrogens (primary N) is 1. The SMILES string of the molecule is CC(C)[C@@H](CO)NC(=O)Cn1cc(CN)nn1. The van der Waals surface area contributed by atoms with Gasteiger partial charge in [-0.2, -0.15) is 0 Å². The predicted molar refractivity (Wildman–Crippen MR) is 61.8 cm³/mol. The van der Waals surface area contributed by atoms with E-state index < -0.39 is 0 Å². The molecule has 17 heavy (non-hydrogen) atoms. The molecule has 1 amide bonds. The fourth-order valence-corrected chi connectivity index (χ4v) is 1.33. The summed E-state index contributed by atoms with van der Waals surface area (Å²) in [5.74, 6) is -0.0227. The highest BCUT2D eigenvalue weighted by Gasteiger charge is 2.15. The molecule has 1 atom stereocenters. The summed E-state index contributed by atoms with van der Waals surface area (Å²) in [7, 11) is 0. The van der Waals surface area contributed by atoms with Crippen molar-refractivity contribution >= 4 is 5.91 Å². The predicted octanol–water partition coefficient (Wildman–Crippen LogP) is -1.13. The molecule has 0 aromatic carbocycles. The molecule has 1 rings (SSSR count). The zero-order valence-corrected chi connectivity index (χ0v) is 10.1. The van der Waals surface area contributed by atoms with Gasteiger partial charge in [0.2, 0.25) is 5.91 Å². The quantitative estimate of drug-likeness (QED) is 0.584. The number of nitrogens with zero attached hydrogens (tertiary/aromatic N) is 3. The van der Waals surface area contributed by atoms with Gasteiger partial charge >= 0.3 is 0 Å². The molecule has 96 valence electrons. The van der Waals surface area contributed by atoms with Crippen LogP contribution in [0.1, 0.15) is 19.5 Å². The van der Waals surface area contributed by atoms with Gasteiger partial charge in [0.25, 0.3) is 0 Å². The summed E-state index contributed by atoms with van der Waals surface area (Å²) in [6.45, 7) is 4.17. The smallest absolute Gasteiger partial charge is 0.242 e. The Kier molecular flexibility index (Phi) is 5.05. The van der Waals surface area contributed by atoms with Crippen LogP contribution in [-0.2, 0) is 17.9 Å². The molecule has 4 N–H and O–H groups in total. The number of carbonyl (C=O) groups is 1. The van der Waals surface area contributed by atoms with Crippen molar-refractivity contribution in [2.24, 2.45) is 11.7 Å². The van der Waals surface area contributed by atoms with E-state index in [1.807, 2.05) is 13.8 Å². The highest BCUT2D eigenvalue weighted by atomic mass is 16.3. The van der Waals surface area contributed by atoms with Gasteiger partial charge in [-0.15, -0.1) is 5.10 Å². The number of carbonyl (C=O) groups excluding carboxylic acids is 1. The van der Waals surface area contributed by atoms with Crippen LogP contribution in [0.25, 0.3) is 0 Å². The van der Waals surface area contributed by atoms with Crippen LogP contribution >= 0.6 is 0 Å². The number of hydrogen-bond donors (Lipinski definition) is 3. The van der Waals surface area contributed by atoms with Crippen molar-refractivity contribution in [3.8, 4) is 0 Å². The van der Waals surface area contributed by atoms with Crippen molar-refractivity contribution in [2.45, 2.75) is 33.0 Å². The molecule has 1 aromatic rings. The standard InChI is InChI=1S/C10H19N5O2/c1-7(2)9(6-16)12-10(17)5-15-4-8(3-11)13-14-15/h4,7,9,16H,3,5-6,11H2,1-2H3,(H,12,17)/t9-/m1/s1. The number of aliphatic hydroxyl groups excluding tert-OH is 1. The Morgan fingerprint density at radius 3 is 2.82 bits per heavy atom. The Bertz CT molecular complexity index is 363. The lowest BCUT2D eigenvalue weighted by Gasteiger charge is -2.19. The molecular formula is C10H19N5O2. The van der Waals surface area contributed by atoms with E-state index in [4.69, 9.17) is 10.8 Å². The van der Waals surface area contributed by atoms with E-state index in [0.29, 0.717) is 12.2 Å². The van der Waals surface area contributed by atoms with Crippen molar-refractivity contribution < 1.29 is 9.90 Å². The Labute approximate surface area is 100.0 Å². The van der Waals surface area contributed by atoms with Gasteiger partial charge in [-0.05, 0) is 5.92 Å². The van der Waals surface area contributed by atoms with Crippen LogP contribution in [0.2, 0.25) is 0 Å². The number of amides is 1. The average molecular weight is 241 g/mol.